The molecule has 0 saturated heterocycles. The molecule has 0 aliphatic carbocycles. The predicted octanol–water partition coefficient (Wildman–Crippen LogP) is 0.932. The topological polar surface area (TPSA) is 94.8 Å². The Morgan fingerprint density at radius 1 is 1.16 bits per heavy atom. The molecule has 0 atom stereocenters. The lowest BCUT2D eigenvalue weighted by Gasteiger charge is -2.10. The molecule has 3 N–H and O–H groups in total. The van der Waals surface area contributed by atoms with Gasteiger partial charge in [-0.25, -0.2) is 4.79 Å². The van der Waals surface area contributed by atoms with E-state index in [9.17, 15) is 14.4 Å². The fourth-order valence-corrected chi connectivity index (χ4v) is 1.77. The van der Waals surface area contributed by atoms with Crippen LogP contribution in [0, 0.1) is 13.8 Å². The summed E-state index contributed by atoms with van der Waals surface area (Å²) in [7, 11) is 0. The van der Waals surface area contributed by atoms with Gasteiger partial charge in [-0.3, -0.25) is 14.6 Å². The molecular weight excluding hydrogens is 246 g/mol. The van der Waals surface area contributed by atoms with Gasteiger partial charge in [0.05, 0.1) is 0 Å². The molecule has 1 aromatic carbocycles. The molecule has 0 radical (unpaired) electrons. The van der Waals surface area contributed by atoms with Crippen molar-refractivity contribution in [3.05, 3.63) is 61.9 Å². The number of hydrogen-bond donors (Lipinski definition) is 3. The number of anilines is 1. The van der Waals surface area contributed by atoms with Gasteiger partial charge in [0.1, 0.15) is 5.56 Å². The molecule has 6 nitrogen and oxygen atoms in total. The van der Waals surface area contributed by atoms with Crippen LogP contribution in [0.4, 0.5) is 5.69 Å². The summed E-state index contributed by atoms with van der Waals surface area (Å²) in [5, 5.41) is 2.67. The van der Waals surface area contributed by atoms with E-state index in [0.29, 0.717) is 5.69 Å². The number of aromatic nitrogens is 2. The minimum absolute atomic E-state index is 0.137. The first kappa shape index (κ1) is 12.8. The summed E-state index contributed by atoms with van der Waals surface area (Å²) >= 11 is 0. The van der Waals surface area contributed by atoms with Crippen molar-refractivity contribution in [1.29, 1.82) is 0 Å². The number of hydrogen-bond acceptors (Lipinski definition) is 3. The van der Waals surface area contributed by atoms with Gasteiger partial charge >= 0.3 is 5.69 Å². The zero-order valence-corrected chi connectivity index (χ0v) is 10.5. The zero-order chi connectivity index (χ0) is 14.0. The summed E-state index contributed by atoms with van der Waals surface area (Å²) in [6.07, 6.45) is 1.10. The van der Waals surface area contributed by atoms with E-state index < -0.39 is 17.2 Å². The quantitative estimate of drug-likeness (QED) is 0.748. The molecule has 0 aliphatic heterocycles. The van der Waals surface area contributed by atoms with Crippen LogP contribution in [0.5, 0.6) is 0 Å². The first-order valence-corrected chi connectivity index (χ1v) is 5.68. The maximum Gasteiger partial charge on any atom is 0.325 e. The standard InChI is InChI=1S/C13H13N3O3/c1-7-4-3-5-8(2)10(7)15-11(17)9-6-14-13(19)16-12(9)18/h3-6H,1-2H3,(H,15,17)(H2,14,16,18,19). The molecule has 1 aromatic heterocycles. The maximum atomic E-state index is 12.0. The van der Waals surface area contributed by atoms with Crippen molar-refractivity contribution >= 4 is 11.6 Å². The van der Waals surface area contributed by atoms with Crippen molar-refractivity contribution in [2.24, 2.45) is 0 Å². The fraction of sp³-hybridized carbons (Fsp3) is 0.154. The van der Waals surface area contributed by atoms with Crippen LogP contribution < -0.4 is 16.6 Å². The lowest BCUT2D eigenvalue weighted by Crippen LogP contribution is -2.29. The number of H-pyrrole nitrogens is 2. The van der Waals surface area contributed by atoms with Crippen LogP contribution in [-0.4, -0.2) is 15.9 Å². The Labute approximate surface area is 108 Å². The van der Waals surface area contributed by atoms with Crippen LogP contribution in [-0.2, 0) is 0 Å². The molecule has 1 heterocycles. The van der Waals surface area contributed by atoms with E-state index in [1.54, 1.807) is 0 Å². The normalized spacial score (nSPS) is 10.2. The van der Waals surface area contributed by atoms with Crippen LogP contribution in [0.2, 0.25) is 0 Å². The van der Waals surface area contributed by atoms with E-state index in [4.69, 9.17) is 0 Å². The molecule has 0 fully saturated rings. The second kappa shape index (κ2) is 4.93. The highest BCUT2D eigenvalue weighted by Crippen LogP contribution is 2.19. The smallest absolute Gasteiger partial charge is 0.321 e. The third-order valence-electron chi connectivity index (χ3n) is 2.78. The van der Waals surface area contributed by atoms with Gasteiger partial charge in [0.2, 0.25) is 0 Å². The zero-order valence-electron chi connectivity index (χ0n) is 10.5. The van der Waals surface area contributed by atoms with E-state index in [2.05, 4.69) is 10.3 Å². The average molecular weight is 259 g/mol. The summed E-state index contributed by atoms with van der Waals surface area (Å²) in [4.78, 5) is 38.7. The molecule has 2 rings (SSSR count). The number of rotatable bonds is 2. The van der Waals surface area contributed by atoms with Crippen molar-refractivity contribution in [2.75, 3.05) is 5.32 Å². The van der Waals surface area contributed by atoms with E-state index >= 15 is 0 Å². The highest BCUT2D eigenvalue weighted by atomic mass is 16.2. The predicted molar refractivity (Wildman–Crippen MR) is 71.6 cm³/mol. The number of para-hydroxylation sites is 1. The Bertz CT molecular complexity index is 723. The van der Waals surface area contributed by atoms with Gasteiger partial charge in [-0.05, 0) is 25.0 Å². The lowest BCUT2D eigenvalue weighted by molar-refractivity contribution is 0.102. The number of amides is 1. The molecular formula is C13H13N3O3. The number of benzene rings is 1. The number of aryl methyl sites for hydroxylation is 2. The van der Waals surface area contributed by atoms with Crippen molar-refractivity contribution in [3.63, 3.8) is 0 Å². The lowest BCUT2D eigenvalue weighted by atomic mass is 10.1. The minimum atomic E-state index is -0.715. The molecule has 2 aromatic rings. The Morgan fingerprint density at radius 2 is 1.79 bits per heavy atom. The number of carbonyl (C=O) groups is 1. The highest BCUT2D eigenvalue weighted by Gasteiger charge is 2.13. The van der Waals surface area contributed by atoms with Gasteiger partial charge in [-0.15, -0.1) is 0 Å². The summed E-state index contributed by atoms with van der Waals surface area (Å²) in [6.45, 7) is 3.72. The van der Waals surface area contributed by atoms with Gasteiger partial charge in [0.25, 0.3) is 11.5 Å². The third kappa shape index (κ3) is 2.62. The van der Waals surface area contributed by atoms with Gasteiger partial charge in [0, 0.05) is 11.9 Å². The highest BCUT2D eigenvalue weighted by molar-refractivity contribution is 6.04. The monoisotopic (exact) mass is 259 g/mol. The molecule has 0 spiro atoms. The Morgan fingerprint density at radius 3 is 2.37 bits per heavy atom. The van der Waals surface area contributed by atoms with E-state index in [0.717, 1.165) is 17.3 Å². The molecule has 0 aliphatic rings. The van der Waals surface area contributed by atoms with E-state index in [1.807, 2.05) is 37.0 Å². The Kier molecular flexibility index (Phi) is 3.33. The first-order valence-electron chi connectivity index (χ1n) is 5.68. The molecule has 6 heteroatoms. The SMILES string of the molecule is Cc1cccc(C)c1NC(=O)c1c[nH]c(=O)[nH]c1=O. The van der Waals surface area contributed by atoms with Crippen LogP contribution in [0.3, 0.4) is 0 Å². The maximum absolute atomic E-state index is 12.0. The second-order valence-corrected chi connectivity index (χ2v) is 4.21. The number of carbonyl (C=O) groups excluding carboxylic acids is 1. The molecule has 98 valence electrons. The van der Waals surface area contributed by atoms with Crippen LogP contribution >= 0.6 is 0 Å². The third-order valence-corrected chi connectivity index (χ3v) is 2.78. The summed E-state index contributed by atoms with van der Waals surface area (Å²) in [6, 6.07) is 5.60. The van der Waals surface area contributed by atoms with Gasteiger partial charge in [-0.1, -0.05) is 18.2 Å². The molecule has 1 amide bonds. The largest absolute Gasteiger partial charge is 0.325 e. The van der Waals surface area contributed by atoms with Crippen molar-refractivity contribution in [3.8, 4) is 0 Å². The molecule has 0 saturated carbocycles. The Balaban J connectivity index is 2.36. The van der Waals surface area contributed by atoms with Gasteiger partial charge in [-0.2, -0.15) is 0 Å². The average Bonchev–Trinajstić information content (AvgIpc) is 2.33. The molecule has 19 heavy (non-hydrogen) atoms. The van der Waals surface area contributed by atoms with E-state index in [-0.39, 0.29) is 5.56 Å². The molecule has 0 bridgehead atoms. The van der Waals surface area contributed by atoms with Crippen molar-refractivity contribution in [2.45, 2.75) is 13.8 Å². The second-order valence-electron chi connectivity index (χ2n) is 4.21. The number of nitrogens with one attached hydrogen (secondary N) is 3. The number of aromatic amines is 2. The summed E-state index contributed by atoms with van der Waals surface area (Å²) < 4.78 is 0. The van der Waals surface area contributed by atoms with Crippen LogP contribution in [0.25, 0.3) is 0 Å². The van der Waals surface area contributed by atoms with Gasteiger partial charge < -0.3 is 10.3 Å². The first-order chi connectivity index (χ1) is 8.99. The fourth-order valence-electron chi connectivity index (χ4n) is 1.77. The van der Waals surface area contributed by atoms with Crippen molar-refractivity contribution < 1.29 is 4.79 Å². The van der Waals surface area contributed by atoms with Crippen LogP contribution in [0.1, 0.15) is 21.5 Å². The van der Waals surface area contributed by atoms with Gasteiger partial charge in [0.15, 0.2) is 0 Å². The minimum Gasteiger partial charge on any atom is -0.321 e. The molecule has 0 unspecified atom stereocenters. The van der Waals surface area contributed by atoms with Crippen LogP contribution in [0.15, 0.2) is 34.0 Å². The summed E-state index contributed by atoms with van der Waals surface area (Å²) in [5.74, 6) is -0.560. The summed E-state index contributed by atoms with van der Waals surface area (Å²) in [5.41, 5.74) is 0.963. The van der Waals surface area contributed by atoms with E-state index in [1.165, 1.54) is 0 Å². The Hall–Kier alpha value is -2.63. The van der Waals surface area contributed by atoms with Crippen molar-refractivity contribution in [1.82, 2.24) is 9.97 Å².